The number of phenolic OH excluding ortho intramolecular Hbond substituents is 1. The molecule has 0 heterocycles. The number of carbonyl (C=O) groups excluding carboxylic acids is 4. The summed E-state index contributed by atoms with van der Waals surface area (Å²) in [4.78, 5) is 61.8. The Balaban J connectivity index is 3.14. The van der Waals surface area contributed by atoms with Crippen molar-refractivity contribution in [3.63, 3.8) is 0 Å². The Labute approximate surface area is 221 Å². The van der Waals surface area contributed by atoms with Crippen LogP contribution in [-0.4, -0.2) is 70.5 Å². The molecule has 212 valence electrons. The van der Waals surface area contributed by atoms with E-state index < -0.39 is 66.1 Å². The van der Waals surface area contributed by atoms with Gasteiger partial charge in [0.2, 0.25) is 23.6 Å². The fraction of sp³-hybridized carbons (Fsp3) is 0.560. The predicted octanol–water partition coefficient (Wildman–Crippen LogP) is -1.15. The average Bonchev–Trinajstić information content (AvgIpc) is 2.86. The second kappa shape index (κ2) is 16.2. The minimum Gasteiger partial charge on any atom is -0.508 e. The summed E-state index contributed by atoms with van der Waals surface area (Å²) in [5.74, 6) is -4.83. The fourth-order valence-corrected chi connectivity index (χ4v) is 3.61. The number of rotatable bonds is 17. The maximum absolute atomic E-state index is 13.4. The molecule has 1 aromatic rings. The number of amides is 4. The third-order valence-electron chi connectivity index (χ3n) is 6.13. The third-order valence-corrected chi connectivity index (χ3v) is 6.13. The summed E-state index contributed by atoms with van der Waals surface area (Å²) >= 11 is 0. The van der Waals surface area contributed by atoms with Crippen LogP contribution in [-0.2, 0) is 30.4 Å². The van der Waals surface area contributed by atoms with Gasteiger partial charge in [0.1, 0.15) is 23.9 Å². The number of carboxylic acid groups (broad SMARTS) is 1. The van der Waals surface area contributed by atoms with Crippen molar-refractivity contribution in [1.29, 1.82) is 0 Å². The van der Waals surface area contributed by atoms with Gasteiger partial charge in [-0.2, -0.15) is 0 Å². The number of carbonyl (C=O) groups is 5. The summed E-state index contributed by atoms with van der Waals surface area (Å²) in [6, 6.07) is 1.30. The summed E-state index contributed by atoms with van der Waals surface area (Å²) in [5, 5.41) is 26.4. The Morgan fingerprint density at radius 2 is 1.53 bits per heavy atom. The van der Waals surface area contributed by atoms with Crippen LogP contribution in [0.1, 0.15) is 51.5 Å². The summed E-state index contributed by atoms with van der Waals surface area (Å²) in [6.45, 7) is 3.93. The molecule has 0 spiro atoms. The van der Waals surface area contributed by atoms with Crippen LogP contribution in [0.5, 0.6) is 5.75 Å². The molecule has 38 heavy (non-hydrogen) atoms. The minimum absolute atomic E-state index is 0.0261. The molecule has 11 N–H and O–H groups in total. The van der Waals surface area contributed by atoms with Gasteiger partial charge >= 0.3 is 5.97 Å². The van der Waals surface area contributed by atoms with Crippen molar-refractivity contribution in [2.24, 2.45) is 23.1 Å². The van der Waals surface area contributed by atoms with E-state index in [1.165, 1.54) is 12.1 Å². The molecule has 1 aromatic carbocycles. The monoisotopic (exact) mass is 536 g/mol. The maximum atomic E-state index is 13.4. The van der Waals surface area contributed by atoms with Gasteiger partial charge in [0.15, 0.2) is 0 Å². The summed E-state index contributed by atoms with van der Waals surface area (Å²) in [5.41, 5.74) is 17.2. The van der Waals surface area contributed by atoms with Crippen LogP contribution in [0.2, 0.25) is 0 Å². The Morgan fingerprint density at radius 1 is 0.921 bits per heavy atom. The van der Waals surface area contributed by atoms with Crippen LogP contribution < -0.4 is 33.2 Å². The van der Waals surface area contributed by atoms with Crippen molar-refractivity contribution < 1.29 is 34.2 Å². The molecule has 0 aliphatic rings. The highest BCUT2D eigenvalue weighted by molar-refractivity contribution is 5.95. The number of aliphatic carboxylic acids is 1. The normalized spacial score (nSPS) is 14.8. The molecule has 0 saturated carbocycles. The van der Waals surface area contributed by atoms with Crippen molar-refractivity contribution >= 4 is 29.6 Å². The van der Waals surface area contributed by atoms with Crippen molar-refractivity contribution in [3.05, 3.63) is 29.8 Å². The van der Waals surface area contributed by atoms with Crippen molar-refractivity contribution in [1.82, 2.24) is 16.0 Å². The topological polar surface area (TPSA) is 240 Å². The molecule has 13 heteroatoms. The quantitative estimate of drug-likeness (QED) is 0.112. The van der Waals surface area contributed by atoms with Crippen LogP contribution in [0.25, 0.3) is 0 Å². The van der Waals surface area contributed by atoms with Crippen LogP contribution in [0.3, 0.4) is 0 Å². The molecule has 13 nitrogen and oxygen atoms in total. The number of aromatic hydroxyl groups is 1. The maximum Gasteiger partial charge on any atom is 0.326 e. The zero-order valence-electron chi connectivity index (χ0n) is 21.8. The number of hydrogen-bond acceptors (Lipinski definition) is 8. The standard InChI is InChI=1S/C25H40N6O7/c1-3-14(2)21(24(36)30-19(25(37)38)13-20(28)33)31-23(35)18(12-15-7-9-16(32)10-8-15)29-22(34)17(27)6-4-5-11-26/h7-10,14,17-19,21,32H,3-6,11-13,26-27H2,1-2H3,(H2,28,33)(H,29,34)(H,30,36)(H,31,35)(H,37,38). The van der Waals surface area contributed by atoms with Crippen LogP contribution in [0, 0.1) is 5.92 Å². The van der Waals surface area contributed by atoms with E-state index in [1.807, 2.05) is 0 Å². The third kappa shape index (κ3) is 11.1. The van der Waals surface area contributed by atoms with Gasteiger partial charge in [-0.25, -0.2) is 4.79 Å². The van der Waals surface area contributed by atoms with E-state index in [-0.39, 0.29) is 12.2 Å². The second-order valence-electron chi connectivity index (χ2n) is 9.26. The van der Waals surface area contributed by atoms with E-state index in [0.29, 0.717) is 37.8 Å². The Hall–Kier alpha value is -3.71. The van der Waals surface area contributed by atoms with Crippen LogP contribution >= 0.6 is 0 Å². The van der Waals surface area contributed by atoms with Gasteiger partial charge in [-0.3, -0.25) is 19.2 Å². The molecule has 5 unspecified atom stereocenters. The number of unbranched alkanes of at least 4 members (excludes halogenated alkanes) is 1. The number of hydrogen-bond donors (Lipinski definition) is 8. The lowest BCUT2D eigenvalue weighted by molar-refractivity contribution is -0.144. The SMILES string of the molecule is CCC(C)C(NC(=O)C(Cc1ccc(O)cc1)NC(=O)C(N)CCCCN)C(=O)NC(CC(N)=O)C(=O)O. The first kappa shape index (κ1) is 32.3. The van der Waals surface area contributed by atoms with Gasteiger partial charge in [0, 0.05) is 6.42 Å². The van der Waals surface area contributed by atoms with E-state index in [1.54, 1.807) is 26.0 Å². The number of nitrogens with one attached hydrogen (secondary N) is 3. The van der Waals surface area contributed by atoms with Gasteiger partial charge in [-0.1, -0.05) is 38.8 Å². The van der Waals surface area contributed by atoms with E-state index in [0.717, 1.165) is 0 Å². The van der Waals surface area contributed by atoms with E-state index in [9.17, 15) is 34.2 Å². The van der Waals surface area contributed by atoms with Crippen molar-refractivity contribution in [2.45, 2.75) is 76.5 Å². The predicted molar refractivity (Wildman–Crippen MR) is 139 cm³/mol. The Bertz CT molecular complexity index is 956. The molecule has 0 aromatic heterocycles. The van der Waals surface area contributed by atoms with Crippen LogP contribution in [0.4, 0.5) is 0 Å². The summed E-state index contributed by atoms with van der Waals surface area (Å²) < 4.78 is 0. The smallest absolute Gasteiger partial charge is 0.326 e. The first-order valence-electron chi connectivity index (χ1n) is 12.5. The lowest BCUT2D eigenvalue weighted by Gasteiger charge is -2.28. The molecule has 0 aliphatic heterocycles. The molecule has 0 aliphatic carbocycles. The number of nitrogens with two attached hydrogens (primary N) is 3. The molecule has 4 amide bonds. The Morgan fingerprint density at radius 3 is 2.05 bits per heavy atom. The highest BCUT2D eigenvalue weighted by Gasteiger charge is 2.33. The van der Waals surface area contributed by atoms with Gasteiger partial charge < -0.3 is 43.4 Å². The first-order valence-corrected chi connectivity index (χ1v) is 12.5. The van der Waals surface area contributed by atoms with Gasteiger partial charge in [0.25, 0.3) is 0 Å². The van der Waals surface area contributed by atoms with Gasteiger partial charge in [0.05, 0.1) is 12.5 Å². The molecule has 0 radical (unpaired) electrons. The summed E-state index contributed by atoms with van der Waals surface area (Å²) in [7, 11) is 0. The molecular formula is C25H40N6O7. The fourth-order valence-electron chi connectivity index (χ4n) is 3.61. The zero-order valence-corrected chi connectivity index (χ0v) is 21.8. The lowest BCUT2D eigenvalue weighted by Crippen LogP contribution is -2.59. The molecule has 5 atom stereocenters. The second-order valence-corrected chi connectivity index (χ2v) is 9.26. The van der Waals surface area contributed by atoms with Crippen LogP contribution in [0.15, 0.2) is 24.3 Å². The highest BCUT2D eigenvalue weighted by Crippen LogP contribution is 2.14. The molecular weight excluding hydrogens is 496 g/mol. The molecule has 0 fully saturated rings. The van der Waals surface area contributed by atoms with Crippen molar-refractivity contribution in [2.75, 3.05) is 6.54 Å². The lowest BCUT2D eigenvalue weighted by atomic mass is 9.96. The highest BCUT2D eigenvalue weighted by atomic mass is 16.4. The average molecular weight is 537 g/mol. The largest absolute Gasteiger partial charge is 0.508 e. The van der Waals surface area contributed by atoms with Gasteiger partial charge in [-0.15, -0.1) is 0 Å². The summed E-state index contributed by atoms with van der Waals surface area (Å²) in [6.07, 6.45) is 1.55. The number of primary amides is 1. The Kier molecular flexibility index (Phi) is 13.8. The molecule has 1 rings (SSSR count). The zero-order chi connectivity index (χ0) is 28.8. The number of carboxylic acids is 1. The van der Waals surface area contributed by atoms with Crippen molar-refractivity contribution in [3.8, 4) is 5.75 Å². The molecule has 0 bridgehead atoms. The molecule has 0 saturated heterocycles. The minimum atomic E-state index is -1.57. The number of phenols is 1. The van der Waals surface area contributed by atoms with E-state index in [4.69, 9.17) is 17.2 Å². The number of benzene rings is 1. The van der Waals surface area contributed by atoms with Gasteiger partial charge in [-0.05, 0) is 43.0 Å². The van der Waals surface area contributed by atoms with E-state index >= 15 is 0 Å². The first-order chi connectivity index (χ1) is 17.9. The van der Waals surface area contributed by atoms with E-state index in [2.05, 4.69) is 16.0 Å².